The van der Waals surface area contributed by atoms with Gasteiger partial charge in [0.2, 0.25) is 0 Å². The van der Waals surface area contributed by atoms with Crippen molar-refractivity contribution in [2.24, 2.45) is 17.6 Å². The molecule has 2 heteroatoms. The second-order valence-corrected chi connectivity index (χ2v) is 7.68. The average molecular weight is 327 g/mol. The molecule has 1 fully saturated rings. The SMILES string of the molecule is NCC1CCC(CNCCC2=C(C3=CC=CCC3)CCC=C2)CC1. The summed E-state index contributed by atoms with van der Waals surface area (Å²) in [6.45, 7) is 3.19. The topological polar surface area (TPSA) is 38.0 Å². The number of nitrogens with one attached hydrogen (secondary N) is 1. The van der Waals surface area contributed by atoms with E-state index in [1.807, 2.05) is 0 Å². The summed E-state index contributed by atoms with van der Waals surface area (Å²) >= 11 is 0. The molecule has 3 aliphatic carbocycles. The van der Waals surface area contributed by atoms with Gasteiger partial charge in [0, 0.05) is 0 Å². The Labute approximate surface area is 148 Å². The van der Waals surface area contributed by atoms with Crippen LogP contribution in [0.4, 0.5) is 0 Å². The number of rotatable bonds is 7. The lowest BCUT2D eigenvalue weighted by atomic mass is 9.82. The summed E-state index contributed by atoms with van der Waals surface area (Å²) in [5, 5.41) is 3.73. The molecule has 3 rings (SSSR count). The molecular weight excluding hydrogens is 292 g/mol. The Balaban J connectivity index is 1.45. The fraction of sp³-hybridized carbons (Fsp3) is 0.636. The standard InChI is InChI=1S/C22H34N2/c23-16-18-10-12-19(13-11-18)17-24-15-14-21-8-4-5-9-22(21)20-6-2-1-3-7-20/h1-2,4,6,8,18-19,24H,3,5,7,9-17,23H2. The molecule has 0 atom stereocenters. The Kier molecular flexibility index (Phi) is 6.92. The van der Waals surface area contributed by atoms with E-state index in [4.69, 9.17) is 5.73 Å². The highest BCUT2D eigenvalue weighted by molar-refractivity contribution is 5.45. The third-order valence-corrected chi connectivity index (χ3v) is 5.97. The highest BCUT2D eigenvalue weighted by Gasteiger charge is 2.19. The van der Waals surface area contributed by atoms with Gasteiger partial charge >= 0.3 is 0 Å². The molecule has 0 aromatic rings. The molecule has 0 aromatic heterocycles. The van der Waals surface area contributed by atoms with Crippen LogP contribution < -0.4 is 11.1 Å². The van der Waals surface area contributed by atoms with E-state index >= 15 is 0 Å². The number of nitrogens with two attached hydrogens (primary N) is 1. The van der Waals surface area contributed by atoms with E-state index < -0.39 is 0 Å². The normalized spacial score (nSPS) is 27.5. The van der Waals surface area contributed by atoms with Crippen LogP contribution in [0.2, 0.25) is 0 Å². The zero-order valence-electron chi connectivity index (χ0n) is 15.1. The molecule has 24 heavy (non-hydrogen) atoms. The van der Waals surface area contributed by atoms with E-state index in [1.54, 1.807) is 16.7 Å². The van der Waals surface area contributed by atoms with E-state index in [0.717, 1.165) is 24.9 Å². The molecule has 0 heterocycles. The summed E-state index contributed by atoms with van der Waals surface area (Å²) in [7, 11) is 0. The van der Waals surface area contributed by atoms with Crippen molar-refractivity contribution in [3.63, 3.8) is 0 Å². The van der Waals surface area contributed by atoms with Crippen LogP contribution in [-0.2, 0) is 0 Å². The second kappa shape index (κ2) is 9.39. The largest absolute Gasteiger partial charge is 0.330 e. The number of hydrogen-bond donors (Lipinski definition) is 2. The molecule has 0 bridgehead atoms. The minimum absolute atomic E-state index is 0.791. The van der Waals surface area contributed by atoms with E-state index in [2.05, 4.69) is 35.7 Å². The minimum atomic E-state index is 0.791. The average Bonchev–Trinajstić information content (AvgIpc) is 2.67. The predicted molar refractivity (Wildman–Crippen MR) is 104 cm³/mol. The summed E-state index contributed by atoms with van der Waals surface area (Å²) in [4.78, 5) is 0. The molecule has 0 saturated heterocycles. The van der Waals surface area contributed by atoms with E-state index in [9.17, 15) is 0 Å². The zero-order valence-corrected chi connectivity index (χ0v) is 15.1. The quantitative estimate of drug-likeness (QED) is 0.668. The maximum Gasteiger partial charge on any atom is -0.000813 e. The summed E-state index contributed by atoms with van der Waals surface area (Å²) in [6, 6.07) is 0. The van der Waals surface area contributed by atoms with Gasteiger partial charge in [-0.05, 0) is 106 Å². The molecule has 2 nitrogen and oxygen atoms in total. The Morgan fingerprint density at radius 2 is 1.79 bits per heavy atom. The first-order valence-electron chi connectivity index (χ1n) is 10.0. The van der Waals surface area contributed by atoms with Crippen LogP contribution in [0.25, 0.3) is 0 Å². The lowest BCUT2D eigenvalue weighted by Crippen LogP contribution is -2.29. The predicted octanol–water partition coefficient (Wildman–Crippen LogP) is 4.65. The molecule has 0 unspecified atom stereocenters. The van der Waals surface area contributed by atoms with Gasteiger partial charge in [-0.2, -0.15) is 0 Å². The third-order valence-electron chi connectivity index (χ3n) is 5.97. The van der Waals surface area contributed by atoms with Crippen LogP contribution in [0.15, 0.2) is 47.1 Å². The first-order valence-corrected chi connectivity index (χ1v) is 10.0. The van der Waals surface area contributed by atoms with Crippen molar-refractivity contribution in [1.29, 1.82) is 0 Å². The molecule has 0 radical (unpaired) electrons. The number of allylic oxidation sites excluding steroid dienone is 7. The summed E-state index contributed by atoms with van der Waals surface area (Å²) < 4.78 is 0. The Morgan fingerprint density at radius 1 is 1.00 bits per heavy atom. The third kappa shape index (κ3) is 4.94. The lowest BCUT2D eigenvalue weighted by Gasteiger charge is -2.28. The van der Waals surface area contributed by atoms with Gasteiger partial charge in [0.1, 0.15) is 0 Å². The van der Waals surface area contributed by atoms with E-state index in [-0.39, 0.29) is 0 Å². The second-order valence-electron chi connectivity index (χ2n) is 7.68. The van der Waals surface area contributed by atoms with Crippen LogP contribution in [0.1, 0.15) is 57.8 Å². The fourth-order valence-corrected chi connectivity index (χ4v) is 4.37. The Bertz CT molecular complexity index is 516. The van der Waals surface area contributed by atoms with Gasteiger partial charge in [0.25, 0.3) is 0 Å². The highest BCUT2D eigenvalue weighted by Crippen LogP contribution is 2.31. The van der Waals surface area contributed by atoms with Crippen molar-refractivity contribution >= 4 is 0 Å². The fourth-order valence-electron chi connectivity index (χ4n) is 4.37. The number of hydrogen-bond acceptors (Lipinski definition) is 2. The molecule has 1 saturated carbocycles. The van der Waals surface area contributed by atoms with Gasteiger partial charge in [-0.25, -0.2) is 0 Å². The Hall–Kier alpha value is -1.12. The van der Waals surface area contributed by atoms with Gasteiger partial charge in [-0.3, -0.25) is 0 Å². The van der Waals surface area contributed by atoms with Crippen LogP contribution in [0.5, 0.6) is 0 Å². The smallest absolute Gasteiger partial charge is 0.000813 e. The van der Waals surface area contributed by atoms with Crippen molar-refractivity contribution in [3.8, 4) is 0 Å². The summed E-state index contributed by atoms with van der Waals surface area (Å²) in [6.07, 6.45) is 23.0. The van der Waals surface area contributed by atoms with Gasteiger partial charge in [-0.1, -0.05) is 30.4 Å². The van der Waals surface area contributed by atoms with E-state index in [0.29, 0.717) is 0 Å². The van der Waals surface area contributed by atoms with Crippen LogP contribution >= 0.6 is 0 Å². The van der Waals surface area contributed by atoms with Gasteiger partial charge in [0.15, 0.2) is 0 Å². The molecule has 0 aliphatic heterocycles. The van der Waals surface area contributed by atoms with Crippen LogP contribution in [0.3, 0.4) is 0 Å². The molecule has 0 amide bonds. The van der Waals surface area contributed by atoms with Crippen molar-refractivity contribution in [2.45, 2.75) is 57.8 Å². The molecule has 132 valence electrons. The van der Waals surface area contributed by atoms with Crippen molar-refractivity contribution in [2.75, 3.05) is 19.6 Å². The maximum atomic E-state index is 5.79. The van der Waals surface area contributed by atoms with E-state index in [1.165, 1.54) is 64.3 Å². The monoisotopic (exact) mass is 326 g/mol. The zero-order chi connectivity index (χ0) is 16.6. The molecule has 0 aromatic carbocycles. The molecular formula is C22H34N2. The lowest BCUT2D eigenvalue weighted by molar-refractivity contribution is 0.273. The molecule has 3 aliphatic rings. The van der Waals surface area contributed by atoms with Gasteiger partial charge < -0.3 is 11.1 Å². The maximum absolute atomic E-state index is 5.79. The van der Waals surface area contributed by atoms with Crippen molar-refractivity contribution in [1.82, 2.24) is 5.32 Å². The first kappa shape index (κ1) is 17.7. The summed E-state index contributed by atoms with van der Waals surface area (Å²) in [5.41, 5.74) is 10.6. The van der Waals surface area contributed by atoms with Crippen LogP contribution in [0, 0.1) is 11.8 Å². The minimum Gasteiger partial charge on any atom is -0.330 e. The first-order chi connectivity index (χ1) is 11.9. The molecule has 3 N–H and O–H groups in total. The van der Waals surface area contributed by atoms with Crippen LogP contribution in [-0.4, -0.2) is 19.6 Å². The van der Waals surface area contributed by atoms with Gasteiger partial charge in [0.05, 0.1) is 0 Å². The van der Waals surface area contributed by atoms with Gasteiger partial charge in [-0.15, -0.1) is 0 Å². The molecule has 0 spiro atoms. The van der Waals surface area contributed by atoms with Crippen molar-refractivity contribution < 1.29 is 0 Å². The summed E-state index contributed by atoms with van der Waals surface area (Å²) in [5.74, 6) is 1.66. The van der Waals surface area contributed by atoms with Crippen molar-refractivity contribution in [3.05, 3.63) is 47.1 Å². The Morgan fingerprint density at radius 3 is 2.54 bits per heavy atom. The highest BCUT2D eigenvalue weighted by atomic mass is 14.9.